The molecule has 0 spiro atoms. The fraction of sp³-hybridized carbons (Fsp3) is 0.125. The Hall–Kier alpha value is -3.42. The number of anilines is 1. The first kappa shape index (κ1) is 15.5. The Bertz CT molecular complexity index is 875. The second-order valence-electron chi connectivity index (χ2n) is 4.99. The molecule has 0 aliphatic heterocycles. The number of nitrogens with one attached hydrogen (secondary N) is 1. The topological polar surface area (TPSA) is 97.5 Å². The summed E-state index contributed by atoms with van der Waals surface area (Å²) in [6.45, 7) is 1.95. The van der Waals surface area contributed by atoms with Gasteiger partial charge in [-0.25, -0.2) is 14.6 Å². The molecule has 0 bridgehead atoms. The predicted molar refractivity (Wildman–Crippen MR) is 89.8 cm³/mol. The van der Waals surface area contributed by atoms with Crippen LogP contribution in [-0.4, -0.2) is 38.2 Å². The summed E-state index contributed by atoms with van der Waals surface area (Å²) < 4.78 is 6.71. The second kappa shape index (κ2) is 6.78. The van der Waals surface area contributed by atoms with Crippen molar-refractivity contribution in [2.75, 3.05) is 12.5 Å². The summed E-state index contributed by atoms with van der Waals surface area (Å²) in [5.74, 6) is 1.55. The van der Waals surface area contributed by atoms with E-state index in [9.17, 15) is 5.11 Å². The third-order valence-electron chi connectivity index (χ3n) is 3.23. The molecule has 3 rings (SSSR count). The molecule has 122 valence electrons. The fourth-order valence-corrected chi connectivity index (χ4v) is 2.05. The van der Waals surface area contributed by atoms with Crippen LogP contribution in [0.1, 0.15) is 11.1 Å². The van der Waals surface area contributed by atoms with E-state index in [1.165, 1.54) is 19.7 Å². The Labute approximate surface area is 138 Å². The number of aromatic hydroxyl groups is 1. The Morgan fingerprint density at radius 1 is 1.33 bits per heavy atom. The predicted octanol–water partition coefficient (Wildman–Crippen LogP) is 2.13. The van der Waals surface area contributed by atoms with E-state index in [2.05, 4.69) is 25.6 Å². The Morgan fingerprint density at radius 3 is 2.96 bits per heavy atom. The van der Waals surface area contributed by atoms with Crippen molar-refractivity contribution >= 4 is 12.0 Å². The molecule has 0 atom stereocenters. The van der Waals surface area contributed by atoms with Crippen molar-refractivity contribution in [3.63, 3.8) is 0 Å². The maximum absolute atomic E-state index is 10.00. The van der Waals surface area contributed by atoms with Gasteiger partial charge in [0.05, 0.1) is 19.5 Å². The van der Waals surface area contributed by atoms with Crippen molar-refractivity contribution in [3.05, 3.63) is 54.1 Å². The summed E-state index contributed by atoms with van der Waals surface area (Å²) in [6, 6.07) is 6.88. The van der Waals surface area contributed by atoms with Crippen LogP contribution in [-0.2, 0) is 0 Å². The number of hydrogen-bond donors (Lipinski definition) is 2. The summed E-state index contributed by atoms with van der Waals surface area (Å²) in [7, 11) is 1.49. The number of hydrogen-bond acceptors (Lipinski definition) is 7. The van der Waals surface area contributed by atoms with E-state index in [-0.39, 0.29) is 5.75 Å². The van der Waals surface area contributed by atoms with Gasteiger partial charge in [-0.1, -0.05) is 6.07 Å². The first-order valence-electron chi connectivity index (χ1n) is 7.16. The first-order valence-corrected chi connectivity index (χ1v) is 7.16. The monoisotopic (exact) mass is 324 g/mol. The van der Waals surface area contributed by atoms with Crippen molar-refractivity contribution in [2.45, 2.75) is 6.92 Å². The van der Waals surface area contributed by atoms with Crippen LogP contribution < -0.4 is 10.2 Å². The normalized spacial score (nSPS) is 10.9. The lowest BCUT2D eigenvalue weighted by atomic mass is 10.2. The molecule has 1 aromatic carbocycles. The Kier molecular flexibility index (Phi) is 4.37. The number of methoxy groups -OCH3 is 1. The molecule has 0 saturated heterocycles. The van der Waals surface area contributed by atoms with E-state index in [4.69, 9.17) is 4.74 Å². The zero-order valence-electron chi connectivity index (χ0n) is 13.2. The number of aryl methyl sites for hydroxylation is 1. The molecule has 24 heavy (non-hydrogen) atoms. The lowest BCUT2D eigenvalue weighted by Gasteiger charge is -2.05. The van der Waals surface area contributed by atoms with E-state index >= 15 is 0 Å². The van der Waals surface area contributed by atoms with Gasteiger partial charge in [0.15, 0.2) is 23.1 Å². The van der Waals surface area contributed by atoms with Gasteiger partial charge in [-0.2, -0.15) is 10.2 Å². The highest BCUT2D eigenvalue weighted by Crippen LogP contribution is 2.27. The number of rotatable bonds is 5. The molecule has 0 fully saturated rings. The zero-order chi connectivity index (χ0) is 16.9. The summed E-state index contributed by atoms with van der Waals surface area (Å²) in [6.07, 6.45) is 6.52. The fourth-order valence-electron chi connectivity index (χ4n) is 2.05. The number of phenolic OH excluding ortho intramolecular Hbond substituents is 1. The highest BCUT2D eigenvalue weighted by molar-refractivity contribution is 5.85. The number of ether oxygens (including phenoxy) is 1. The van der Waals surface area contributed by atoms with Gasteiger partial charge in [-0.3, -0.25) is 5.43 Å². The molecule has 2 heterocycles. The van der Waals surface area contributed by atoms with E-state index in [1.54, 1.807) is 35.1 Å². The number of hydrazone groups is 1. The van der Waals surface area contributed by atoms with Crippen molar-refractivity contribution in [3.8, 4) is 17.3 Å². The molecular formula is C16H16N6O2. The molecule has 0 radical (unpaired) electrons. The highest BCUT2D eigenvalue weighted by Gasteiger charge is 2.05. The van der Waals surface area contributed by atoms with Gasteiger partial charge in [-0.05, 0) is 24.6 Å². The van der Waals surface area contributed by atoms with E-state index < -0.39 is 0 Å². The zero-order valence-corrected chi connectivity index (χ0v) is 13.2. The minimum Gasteiger partial charge on any atom is -0.504 e. The summed E-state index contributed by atoms with van der Waals surface area (Å²) in [4.78, 5) is 8.26. The third-order valence-corrected chi connectivity index (χ3v) is 3.23. The molecule has 0 saturated carbocycles. The number of benzene rings is 1. The van der Waals surface area contributed by atoms with Crippen molar-refractivity contribution < 1.29 is 9.84 Å². The lowest BCUT2D eigenvalue weighted by molar-refractivity contribution is 0.373. The van der Waals surface area contributed by atoms with Crippen molar-refractivity contribution in [2.24, 2.45) is 5.10 Å². The van der Waals surface area contributed by atoms with Crippen LogP contribution in [0.25, 0.3) is 5.82 Å². The largest absolute Gasteiger partial charge is 0.504 e. The maximum atomic E-state index is 10.00. The highest BCUT2D eigenvalue weighted by atomic mass is 16.5. The van der Waals surface area contributed by atoms with Gasteiger partial charge >= 0.3 is 0 Å². The van der Waals surface area contributed by atoms with Gasteiger partial charge in [0.25, 0.3) is 0 Å². The molecule has 3 aromatic rings. The van der Waals surface area contributed by atoms with Gasteiger partial charge in [-0.15, -0.1) is 0 Å². The third kappa shape index (κ3) is 3.32. The van der Waals surface area contributed by atoms with E-state index in [0.29, 0.717) is 22.9 Å². The van der Waals surface area contributed by atoms with Gasteiger partial charge < -0.3 is 9.84 Å². The SMILES string of the molecule is COc1cccc(/C=N\Nc2cc(-n3cc(C)cn3)ncn2)c1O. The molecule has 0 amide bonds. The van der Waals surface area contributed by atoms with Crippen LogP contribution in [0.4, 0.5) is 5.82 Å². The van der Waals surface area contributed by atoms with Crippen LogP contribution in [0, 0.1) is 6.92 Å². The standard InChI is InChI=1S/C16H16N6O2/c1-11-7-20-22(9-11)15-6-14(17-10-18-15)21-19-8-12-4-3-5-13(24-2)16(12)23/h3-10,23H,1-2H3,(H,17,18,21)/b19-8-. The molecule has 0 aliphatic rings. The second-order valence-corrected chi connectivity index (χ2v) is 4.99. The summed E-state index contributed by atoms with van der Waals surface area (Å²) in [5, 5.41) is 18.3. The van der Waals surface area contributed by atoms with Crippen LogP contribution >= 0.6 is 0 Å². The van der Waals surface area contributed by atoms with Crippen molar-refractivity contribution in [1.82, 2.24) is 19.7 Å². The number of para-hydroxylation sites is 1. The molecule has 8 nitrogen and oxygen atoms in total. The molecule has 8 heteroatoms. The van der Waals surface area contributed by atoms with Crippen LogP contribution in [0.3, 0.4) is 0 Å². The molecular weight excluding hydrogens is 308 g/mol. The minimum atomic E-state index is 0.0287. The quantitative estimate of drug-likeness (QED) is 0.551. The van der Waals surface area contributed by atoms with Crippen LogP contribution in [0.15, 0.2) is 48.1 Å². The average molecular weight is 324 g/mol. The Morgan fingerprint density at radius 2 is 2.21 bits per heavy atom. The van der Waals surface area contributed by atoms with Crippen LogP contribution in [0.5, 0.6) is 11.5 Å². The van der Waals surface area contributed by atoms with Crippen LogP contribution in [0.2, 0.25) is 0 Å². The average Bonchev–Trinajstić information content (AvgIpc) is 3.03. The minimum absolute atomic E-state index is 0.0287. The van der Waals surface area contributed by atoms with E-state index in [0.717, 1.165) is 5.56 Å². The van der Waals surface area contributed by atoms with Gasteiger partial charge in [0.1, 0.15) is 6.33 Å². The Balaban J connectivity index is 1.75. The maximum Gasteiger partial charge on any atom is 0.166 e. The van der Waals surface area contributed by atoms with E-state index in [1.807, 2.05) is 13.1 Å². The smallest absolute Gasteiger partial charge is 0.166 e. The van der Waals surface area contributed by atoms with Gasteiger partial charge in [0.2, 0.25) is 0 Å². The first-order chi connectivity index (χ1) is 11.7. The lowest BCUT2D eigenvalue weighted by Crippen LogP contribution is -2.01. The molecule has 0 aliphatic carbocycles. The molecule has 2 N–H and O–H groups in total. The summed E-state index contributed by atoms with van der Waals surface area (Å²) in [5.41, 5.74) is 4.36. The molecule has 2 aromatic heterocycles. The summed E-state index contributed by atoms with van der Waals surface area (Å²) >= 11 is 0. The number of phenols is 1. The number of aromatic nitrogens is 4. The number of nitrogens with zero attached hydrogens (tertiary/aromatic N) is 5. The van der Waals surface area contributed by atoms with Gasteiger partial charge in [0, 0.05) is 17.8 Å². The molecule has 0 unspecified atom stereocenters. The van der Waals surface area contributed by atoms with Crippen molar-refractivity contribution in [1.29, 1.82) is 0 Å².